The number of aromatic nitrogens is 2. The number of nitrogens with one attached hydrogen (secondary N) is 1. The first-order chi connectivity index (χ1) is 15.9. The number of nitrogens with zero attached hydrogens (tertiary/aromatic N) is 2. The van der Waals surface area contributed by atoms with Gasteiger partial charge in [-0.2, -0.15) is 5.10 Å². The molecule has 168 valence electrons. The molecule has 0 radical (unpaired) electrons. The average molecular weight is 521 g/mol. The second kappa shape index (κ2) is 10.5. The minimum atomic E-state index is -0.320. The number of carbonyl (C=O) groups excluding carboxylic acids is 1. The number of carbonyl (C=O) groups is 1. The summed E-state index contributed by atoms with van der Waals surface area (Å²) in [6, 6.07) is 19.6. The molecule has 0 unspecified atom stereocenters. The lowest BCUT2D eigenvalue weighted by Crippen LogP contribution is -2.13. The van der Waals surface area contributed by atoms with E-state index in [9.17, 15) is 4.79 Å². The smallest absolute Gasteiger partial charge is 0.256 e. The fourth-order valence-corrected chi connectivity index (χ4v) is 3.74. The van der Waals surface area contributed by atoms with Gasteiger partial charge in [-0.15, -0.1) is 0 Å². The topological polar surface area (TPSA) is 56.2 Å². The standard InChI is InChI=1S/C24H17Cl4N3O2/c25-18-2-1-3-19(11-18)33-14-15-4-7-17(8-5-15)24(32)29-23-22(28)13-31(30-23)12-16-6-9-20(26)21(27)10-16/h1-11,13H,12,14H2,(H,29,30,32). The summed E-state index contributed by atoms with van der Waals surface area (Å²) in [4.78, 5) is 12.6. The number of benzene rings is 3. The molecule has 1 heterocycles. The average Bonchev–Trinajstić information content (AvgIpc) is 3.13. The van der Waals surface area contributed by atoms with E-state index in [1.54, 1.807) is 47.3 Å². The van der Waals surface area contributed by atoms with E-state index in [2.05, 4.69) is 10.4 Å². The Kier molecular flexibility index (Phi) is 7.46. The van der Waals surface area contributed by atoms with Crippen molar-refractivity contribution in [3.63, 3.8) is 0 Å². The molecular formula is C24H17Cl4N3O2. The fraction of sp³-hybridized carbons (Fsp3) is 0.0833. The summed E-state index contributed by atoms with van der Waals surface area (Å²) in [7, 11) is 0. The van der Waals surface area contributed by atoms with Gasteiger partial charge in [0.15, 0.2) is 5.82 Å². The van der Waals surface area contributed by atoms with Gasteiger partial charge in [-0.05, 0) is 53.6 Å². The van der Waals surface area contributed by atoms with Crippen LogP contribution in [-0.4, -0.2) is 15.7 Å². The van der Waals surface area contributed by atoms with Crippen LogP contribution < -0.4 is 10.1 Å². The van der Waals surface area contributed by atoms with Gasteiger partial charge in [-0.3, -0.25) is 9.48 Å². The Hall–Kier alpha value is -2.70. The lowest BCUT2D eigenvalue weighted by molar-refractivity contribution is 0.102. The maximum atomic E-state index is 12.6. The molecule has 33 heavy (non-hydrogen) atoms. The molecule has 0 aliphatic carbocycles. The minimum absolute atomic E-state index is 0.273. The van der Waals surface area contributed by atoms with Crippen LogP contribution in [0.4, 0.5) is 5.82 Å². The van der Waals surface area contributed by atoms with Crippen molar-refractivity contribution in [2.24, 2.45) is 0 Å². The molecule has 5 nitrogen and oxygen atoms in total. The first-order valence-corrected chi connectivity index (χ1v) is 11.3. The summed E-state index contributed by atoms with van der Waals surface area (Å²) in [5.74, 6) is 0.629. The molecule has 1 aromatic heterocycles. The lowest BCUT2D eigenvalue weighted by atomic mass is 10.1. The third-order valence-electron chi connectivity index (χ3n) is 4.70. The minimum Gasteiger partial charge on any atom is -0.489 e. The third kappa shape index (κ3) is 6.21. The van der Waals surface area contributed by atoms with Gasteiger partial charge >= 0.3 is 0 Å². The largest absolute Gasteiger partial charge is 0.489 e. The summed E-state index contributed by atoms with van der Waals surface area (Å²) < 4.78 is 7.34. The Morgan fingerprint density at radius 2 is 1.64 bits per heavy atom. The van der Waals surface area contributed by atoms with Gasteiger partial charge in [0.2, 0.25) is 0 Å². The van der Waals surface area contributed by atoms with E-state index in [0.29, 0.717) is 44.6 Å². The highest BCUT2D eigenvalue weighted by atomic mass is 35.5. The molecule has 0 saturated carbocycles. The third-order valence-corrected chi connectivity index (χ3v) is 5.95. The van der Waals surface area contributed by atoms with Gasteiger partial charge in [-0.25, -0.2) is 0 Å². The fourth-order valence-electron chi connectivity index (χ4n) is 3.04. The van der Waals surface area contributed by atoms with E-state index in [1.165, 1.54) is 0 Å². The van der Waals surface area contributed by atoms with Crippen LogP contribution in [0.25, 0.3) is 0 Å². The molecule has 0 saturated heterocycles. The summed E-state index contributed by atoms with van der Waals surface area (Å²) in [5, 5.41) is 8.98. The summed E-state index contributed by atoms with van der Waals surface area (Å²) in [6.45, 7) is 0.779. The van der Waals surface area contributed by atoms with Crippen LogP contribution in [0.5, 0.6) is 5.75 Å². The molecule has 0 spiro atoms. The van der Waals surface area contributed by atoms with E-state index in [-0.39, 0.29) is 11.7 Å². The van der Waals surface area contributed by atoms with Crippen LogP contribution in [0.3, 0.4) is 0 Å². The van der Waals surface area contributed by atoms with Gasteiger partial charge in [-0.1, -0.05) is 70.7 Å². The van der Waals surface area contributed by atoms with Crippen molar-refractivity contribution in [3.8, 4) is 5.75 Å². The van der Waals surface area contributed by atoms with Crippen LogP contribution >= 0.6 is 46.4 Å². The number of rotatable bonds is 7. The van der Waals surface area contributed by atoms with Gasteiger partial charge in [0.25, 0.3) is 5.91 Å². The van der Waals surface area contributed by atoms with Crippen molar-refractivity contribution >= 4 is 58.1 Å². The van der Waals surface area contributed by atoms with Crippen LogP contribution in [0.2, 0.25) is 20.1 Å². The summed E-state index contributed by atoms with van der Waals surface area (Å²) in [5.41, 5.74) is 2.28. The quantitative estimate of drug-likeness (QED) is 0.276. The lowest BCUT2D eigenvalue weighted by Gasteiger charge is -2.08. The number of ether oxygens (including phenoxy) is 1. The maximum absolute atomic E-state index is 12.6. The van der Waals surface area contributed by atoms with Crippen LogP contribution in [0.15, 0.2) is 72.9 Å². The van der Waals surface area contributed by atoms with E-state index in [4.69, 9.17) is 51.1 Å². The van der Waals surface area contributed by atoms with Crippen molar-refractivity contribution in [1.29, 1.82) is 0 Å². The number of hydrogen-bond donors (Lipinski definition) is 1. The van der Waals surface area contributed by atoms with E-state index < -0.39 is 0 Å². The molecule has 4 aromatic rings. The Balaban J connectivity index is 1.37. The number of amides is 1. The molecule has 3 aromatic carbocycles. The second-order valence-corrected chi connectivity index (χ2v) is 8.83. The van der Waals surface area contributed by atoms with Crippen molar-refractivity contribution in [3.05, 3.63) is 110 Å². The Bertz CT molecular complexity index is 1290. The first kappa shape index (κ1) is 23.5. The highest BCUT2D eigenvalue weighted by Crippen LogP contribution is 2.25. The summed E-state index contributed by atoms with van der Waals surface area (Å²) in [6.07, 6.45) is 1.63. The second-order valence-electron chi connectivity index (χ2n) is 7.17. The van der Waals surface area contributed by atoms with Gasteiger partial charge in [0, 0.05) is 16.8 Å². The normalized spacial score (nSPS) is 10.8. The Morgan fingerprint density at radius 1 is 0.879 bits per heavy atom. The summed E-state index contributed by atoms with van der Waals surface area (Å²) >= 11 is 24.2. The monoisotopic (exact) mass is 519 g/mol. The predicted octanol–water partition coefficient (Wildman–Crippen LogP) is 7.38. The number of hydrogen-bond acceptors (Lipinski definition) is 3. The number of halogens is 4. The maximum Gasteiger partial charge on any atom is 0.256 e. The molecule has 4 rings (SSSR count). The van der Waals surface area contributed by atoms with Crippen LogP contribution in [0, 0.1) is 0 Å². The molecule has 0 aliphatic heterocycles. The van der Waals surface area contributed by atoms with Crippen molar-refractivity contribution in [2.75, 3.05) is 5.32 Å². The van der Waals surface area contributed by atoms with E-state index in [1.807, 2.05) is 30.3 Å². The Labute approximate surface area is 210 Å². The molecule has 0 aliphatic rings. The number of anilines is 1. The van der Waals surface area contributed by atoms with Crippen LogP contribution in [0.1, 0.15) is 21.5 Å². The zero-order valence-corrected chi connectivity index (χ0v) is 20.1. The van der Waals surface area contributed by atoms with E-state index in [0.717, 1.165) is 11.1 Å². The van der Waals surface area contributed by atoms with Gasteiger partial charge in [0.05, 0.1) is 16.6 Å². The van der Waals surface area contributed by atoms with E-state index >= 15 is 0 Å². The molecule has 0 fully saturated rings. The van der Waals surface area contributed by atoms with Gasteiger partial charge in [0.1, 0.15) is 17.4 Å². The molecule has 0 atom stereocenters. The molecular weight excluding hydrogens is 504 g/mol. The van der Waals surface area contributed by atoms with Crippen molar-refractivity contribution in [2.45, 2.75) is 13.2 Å². The molecule has 1 amide bonds. The molecule has 0 bridgehead atoms. The van der Waals surface area contributed by atoms with Crippen molar-refractivity contribution in [1.82, 2.24) is 9.78 Å². The first-order valence-electron chi connectivity index (χ1n) is 9.83. The zero-order valence-electron chi connectivity index (χ0n) is 17.1. The molecule has 9 heteroatoms. The SMILES string of the molecule is O=C(Nc1nn(Cc2ccc(Cl)c(Cl)c2)cc1Cl)c1ccc(COc2cccc(Cl)c2)cc1. The Morgan fingerprint density at radius 3 is 2.36 bits per heavy atom. The highest BCUT2D eigenvalue weighted by molar-refractivity contribution is 6.42. The highest BCUT2D eigenvalue weighted by Gasteiger charge is 2.13. The molecule has 1 N–H and O–H groups in total. The predicted molar refractivity (Wildman–Crippen MR) is 133 cm³/mol. The van der Waals surface area contributed by atoms with Gasteiger partial charge < -0.3 is 10.1 Å². The van der Waals surface area contributed by atoms with Crippen LogP contribution in [-0.2, 0) is 13.2 Å². The zero-order chi connectivity index (χ0) is 23.4. The van der Waals surface area contributed by atoms with Crippen molar-refractivity contribution < 1.29 is 9.53 Å².